The van der Waals surface area contributed by atoms with Crippen LogP contribution >= 0.6 is 0 Å². The first kappa shape index (κ1) is 19.0. The Morgan fingerprint density at radius 2 is 1.78 bits per heavy atom. The van der Waals surface area contributed by atoms with E-state index in [0.29, 0.717) is 17.2 Å². The zero-order valence-corrected chi connectivity index (χ0v) is 16.3. The molecule has 0 aliphatic carbocycles. The summed E-state index contributed by atoms with van der Waals surface area (Å²) in [5.74, 6) is 0.808. The molecule has 2 aromatic carbocycles. The molecule has 0 saturated carbocycles. The summed E-state index contributed by atoms with van der Waals surface area (Å²) < 4.78 is 36.2. The Kier molecular flexibility index (Phi) is 5.27. The van der Waals surface area contributed by atoms with Gasteiger partial charge in [-0.15, -0.1) is 0 Å². The van der Waals surface area contributed by atoms with E-state index in [1.165, 1.54) is 4.31 Å². The van der Waals surface area contributed by atoms with Crippen molar-refractivity contribution in [1.29, 1.82) is 0 Å². The molecule has 27 heavy (non-hydrogen) atoms. The van der Waals surface area contributed by atoms with Gasteiger partial charge in [0.1, 0.15) is 0 Å². The highest BCUT2D eigenvalue weighted by atomic mass is 32.2. The summed E-state index contributed by atoms with van der Waals surface area (Å²) in [5, 5.41) is 2.87. The largest absolute Gasteiger partial charge is 0.454 e. The van der Waals surface area contributed by atoms with Crippen molar-refractivity contribution < 1.29 is 22.7 Å². The number of nitrogens with one attached hydrogen (secondary N) is 1. The number of aryl methyl sites for hydroxylation is 2. The normalized spacial score (nSPS) is 12.7. The van der Waals surface area contributed by atoms with Gasteiger partial charge in [0.05, 0.1) is 11.9 Å². The van der Waals surface area contributed by atoms with Crippen LogP contribution < -0.4 is 19.1 Å². The van der Waals surface area contributed by atoms with Crippen LogP contribution in [0.25, 0.3) is 0 Å². The molecule has 0 atom stereocenters. The van der Waals surface area contributed by atoms with E-state index >= 15 is 0 Å². The Hall–Kier alpha value is -2.74. The van der Waals surface area contributed by atoms with Crippen LogP contribution in [0.1, 0.15) is 17.5 Å². The molecule has 8 heteroatoms. The molecule has 1 amide bonds. The average molecular weight is 390 g/mol. The number of benzene rings is 2. The third kappa shape index (κ3) is 4.33. The van der Waals surface area contributed by atoms with E-state index in [4.69, 9.17) is 9.47 Å². The molecular formula is C19H22N2O5S. The number of hydrogen-bond acceptors (Lipinski definition) is 5. The summed E-state index contributed by atoms with van der Waals surface area (Å²) in [4.78, 5) is 12.4. The molecule has 0 fully saturated rings. The van der Waals surface area contributed by atoms with E-state index < -0.39 is 10.0 Å². The van der Waals surface area contributed by atoms with E-state index in [0.717, 1.165) is 23.1 Å². The lowest BCUT2D eigenvalue weighted by Crippen LogP contribution is -2.33. The van der Waals surface area contributed by atoms with Crippen LogP contribution in [0.3, 0.4) is 0 Å². The molecule has 0 spiro atoms. The van der Waals surface area contributed by atoms with Crippen LogP contribution in [0.4, 0.5) is 11.4 Å². The molecule has 0 radical (unpaired) electrons. The van der Waals surface area contributed by atoms with Crippen LogP contribution in [0, 0.1) is 13.8 Å². The number of hydrogen-bond donors (Lipinski definition) is 1. The maximum absolute atomic E-state index is 12.4. The number of amides is 1. The predicted octanol–water partition coefficient (Wildman–Crippen LogP) is 2.83. The van der Waals surface area contributed by atoms with Crippen molar-refractivity contribution in [2.75, 3.05) is 29.2 Å². The molecular weight excluding hydrogens is 368 g/mol. The van der Waals surface area contributed by atoms with E-state index in [2.05, 4.69) is 5.32 Å². The fourth-order valence-electron chi connectivity index (χ4n) is 2.94. The van der Waals surface area contributed by atoms with E-state index in [1.807, 2.05) is 32.0 Å². The van der Waals surface area contributed by atoms with Gasteiger partial charge in [-0.2, -0.15) is 0 Å². The Balaban J connectivity index is 1.73. The second kappa shape index (κ2) is 7.48. The number of ether oxygens (including phenoxy) is 2. The third-order valence-corrected chi connectivity index (χ3v) is 5.53. The van der Waals surface area contributed by atoms with Crippen molar-refractivity contribution in [2.24, 2.45) is 0 Å². The van der Waals surface area contributed by atoms with Gasteiger partial charge in [0.25, 0.3) is 0 Å². The molecule has 1 N–H and O–H groups in total. The summed E-state index contributed by atoms with van der Waals surface area (Å²) in [7, 11) is -3.56. The van der Waals surface area contributed by atoms with Gasteiger partial charge in [-0.05, 0) is 37.1 Å². The van der Waals surface area contributed by atoms with Gasteiger partial charge in [-0.1, -0.05) is 18.2 Å². The molecule has 0 unspecified atom stereocenters. The lowest BCUT2D eigenvalue weighted by molar-refractivity contribution is -0.116. The van der Waals surface area contributed by atoms with Crippen LogP contribution in [-0.2, 0) is 14.8 Å². The number of carbonyl (C=O) groups excluding carboxylic acids is 1. The van der Waals surface area contributed by atoms with Crippen molar-refractivity contribution in [3.05, 3.63) is 47.5 Å². The van der Waals surface area contributed by atoms with Crippen molar-refractivity contribution in [3.63, 3.8) is 0 Å². The maximum atomic E-state index is 12.4. The van der Waals surface area contributed by atoms with Gasteiger partial charge in [-0.3, -0.25) is 9.10 Å². The molecule has 0 bridgehead atoms. The number of sulfonamides is 1. The summed E-state index contributed by atoms with van der Waals surface area (Å²) in [6.45, 7) is 3.96. The zero-order valence-electron chi connectivity index (χ0n) is 15.5. The van der Waals surface area contributed by atoms with E-state index in [9.17, 15) is 13.2 Å². The number of carbonyl (C=O) groups is 1. The second-order valence-electron chi connectivity index (χ2n) is 6.44. The zero-order chi connectivity index (χ0) is 19.6. The third-order valence-electron chi connectivity index (χ3n) is 4.33. The molecule has 144 valence electrons. The summed E-state index contributed by atoms with van der Waals surface area (Å²) in [6, 6.07) is 10.7. The minimum Gasteiger partial charge on any atom is -0.454 e. The van der Waals surface area contributed by atoms with Gasteiger partial charge in [-0.25, -0.2) is 8.42 Å². The number of nitrogens with zero attached hydrogens (tertiary/aromatic N) is 1. The van der Waals surface area contributed by atoms with Crippen LogP contribution in [-0.4, -0.2) is 33.9 Å². The predicted molar refractivity (Wildman–Crippen MR) is 104 cm³/mol. The highest BCUT2D eigenvalue weighted by molar-refractivity contribution is 7.92. The summed E-state index contributed by atoms with van der Waals surface area (Å²) in [5.41, 5.74) is 3.11. The van der Waals surface area contributed by atoms with Crippen molar-refractivity contribution in [2.45, 2.75) is 20.3 Å². The Labute approximate surface area is 158 Å². The second-order valence-corrected chi connectivity index (χ2v) is 8.34. The fraction of sp³-hybridized carbons (Fsp3) is 0.316. The van der Waals surface area contributed by atoms with Gasteiger partial charge in [0, 0.05) is 24.7 Å². The quantitative estimate of drug-likeness (QED) is 0.820. The van der Waals surface area contributed by atoms with Gasteiger partial charge in [0.15, 0.2) is 11.5 Å². The topological polar surface area (TPSA) is 84.9 Å². The van der Waals surface area contributed by atoms with Crippen LogP contribution in [0.5, 0.6) is 11.5 Å². The summed E-state index contributed by atoms with van der Waals surface area (Å²) in [6.07, 6.45) is 1.14. The van der Waals surface area contributed by atoms with Crippen LogP contribution in [0.2, 0.25) is 0 Å². The molecule has 3 rings (SSSR count). The Bertz CT molecular complexity index is 952. The van der Waals surface area contributed by atoms with Crippen molar-refractivity contribution in [1.82, 2.24) is 0 Å². The first-order valence-electron chi connectivity index (χ1n) is 8.49. The van der Waals surface area contributed by atoms with Crippen molar-refractivity contribution >= 4 is 27.3 Å². The standard InChI is InChI=1S/C19H22N2O5S/c1-13-5-4-6-14(2)19(13)20-18(22)9-10-21(27(3,23)24)15-7-8-16-17(11-15)26-12-25-16/h4-8,11H,9-10,12H2,1-3H3,(H,20,22). The number of fused-ring (bicyclic) bond motifs is 1. The van der Waals surface area contributed by atoms with Gasteiger partial charge >= 0.3 is 0 Å². The highest BCUT2D eigenvalue weighted by Crippen LogP contribution is 2.36. The lowest BCUT2D eigenvalue weighted by atomic mass is 10.1. The molecule has 1 heterocycles. The molecule has 2 aromatic rings. The summed E-state index contributed by atoms with van der Waals surface area (Å²) >= 11 is 0. The van der Waals surface area contributed by atoms with E-state index in [1.54, 1.807) is 18.2 Å². The number of rotatable bonds is 6. The smallest absolute Gasteiger partial charge is 0.232 e. The lowest BCUT2D eigenvalue weighted by Gasteiger charge is -2.22. The Morgan fingerprint density at radius 1 is 1.11 bits per heavy atom. The highest BCUT2D eigenvalue weighted by Gasteiger charge is 2.22. The Morgan fingerprint density at radius 3 is 2.44 bits per heavy atom. The number of para-hydroxylation sites is 1. The first-order valence-corrected chi connectivity index (χ1v) is 10.3. The average Bonchev–Trinajstić information content (AvgIpc) is 3.05. The minimum absolute atomic E-state index is 0.0231. The van der Waals surface area contributed by atoms with Crippen LogP contribution in [0.15, 0.2) is 36.4 Å². The molecule has 7 nitrogen and oxygen atoms in total. The van der Waals surface area contributed by atoms with Crippen molar-refractivity contribution in [3.8, 4) is 11.5 Å². The number of anilines is 2. The minimum atomic E-state index is -3.56. The van der Waals surface area contributed by atoms with E-state index in [-0.39, 0.29) is 25.7 Å². The molecule has 1 aliphatic rings. The monoisotopic (exact) mass is 390 g/mol. The molecule has 1 aliphatic heterocycles. The maximum Gasteiger partial charge on any atom is 0.232 e. The van der Waals surface area contributed by atoms with Gasteiger partial charge < -0.3 is 14.8 Å². The SMILES string of the molecule is Cc1cccc(C)c1NC(=O)CCN(c1ccc2c(c1)OCO2)S(C)(=O)=O. The molecule has 0 saturated heterocycles. The fourth-order valence-corrected chi connectivity index (χ4v) is 3.86. The first-order chi connectivity index (χ1) is 12.8. The van der Waals surface area contributed by atoms with Gasteiger partial charge in [0.2, 0.25) is 22.7 Å². The molecule has 0 aromatic heterocycles.